The molecule has 724 valence electrons. The predicted molar refractivity (Wildman–Crippen MR) is 580 cm³/mol. The molecule has 22 nitrogen and oxygen atoms in total. The highest BCUT2D eigenvalue weighted by Gasteiger charge is 2.42. The molecule has 7 aliphatic rings. The molecule has 2 atom stereocenters. The molecule has 0 amide bonds. The van der Waals surface area contributed by atoms with E-state index in [0.29, 0.717) is 51.6 Å². The van der Waals surface area contributed by atoms with Crippen LogP contribution in [0.25, 0.3) is 94.5 Å². The van der Waals surface area contributed by atoms with E-state index in [-0.39, 0.29) is 27.8 Å². The van der Waals surface area contributed by atoms with Gasteiger partial charge in [-0.2, -0.15) is 0 Å². The van der Waals surface area contributed by atoms with Crippen LogP contribution in [0.4, 0.5) is 11.4 Å². The summed E-state index contributed by atoms with van der Waals surface area (Å²) in [5, 5.41) is 19.4. The minimum atomic E-state index is -0.103. The number of likely N-dealkylation sites (tertiary alicyclic amines) is 1. The number of aromatic nitrogens is 8. The van der Waals surface area contributed by atoms with Crippen LogP contribution in [-0.4, -0.2) is 129 Å². The Labute approximate surface area is 849 Å². The van der Waals surface area contributed by atoms with Gasteiger partial charge in [0.25, 0.3) is 27.8 Å². The topological polar surface area (TPSA) is 201 Å². The lowest BCUT2D eigenvalue weighted by Crippen LogP contribution is -2.37. The summed E-state index contributed by atoms with van der Waals surface area (Å²) in [6.45, 7) is 12.8. The van der Waals surface area contributed by atoms with Crippen molar-refractivity contribution in [3.8, 4) is 73.3 Å². The molecule has 0 aliphatic carbocycles. The molecule has 25 rings (SSSR count). The molecule has 2 unspecified atom stereocenters. The second kappa shape index (κ2) is 41.3. The van der Waals surface area contributed by atoms with Gasteiger partial charge in [0.2, 0.25) is 11.4 Å². The van der Waals surface area contributed by atoms with Crippen LogP contribution in [0.2, 0.25) is 15.1 Å². The van der Waals surface area contributed by atoms with Gasteiger partial charge >= 0.3 is 0 Å². The summed E-state index contributed by atoms with van der Waals surface area (Å²) in [7, 11) is 12.8. The van der Waals surface area contributed by atoms with Gasteiger partial charge in [0.15, 0.2) is 11.4 Å². The fraction of sp³-hybridized carbons (Fsp3) is 0.218. The summed E-state index contributed by atoms with van der Waals surface area (Å²) in [5.41, 5.74) is 32.7. The minimum Gasteiger partial charge on any atom is -0.489 e. The SMILES string of the molecule is CN1CCC2=[N+](C)c3ccc(-n4ccc(OCc5ccccc5)cc4=O)cc3C2C1.C[N+]1=C2CCNCC2c2cc(-n3ccc(OCc4ccccc4)cc3=O)ccc21.Cc1ccc(-c2ccn(-c3ccc4c5c(n(C)c4c3)CCNC5)c(=O)c2)cc1.Cn1c2c(c3ccc(-n4ccc(-c5ccc(Cl)cc5)cc4=O)cc31)CNCC2.Cn1c2c(c3ccc(-n4ccc(-c5ccc(Cl)cc5Cl)cc4=O)cc31)CNCC2. The Hall–Kier alpha value is -14.8. The van der Waals surface area contributed by atoms with Gasteiger partial charge in [0, 0.05) is 269 Å². The highest BCUT2D eigenvalue weighted by molar-refractivity contribution is 6.36. The number of halogens is 3. The van der Waals surface area contributed by atoms with Crippen molar-refractivity contribution in [1.29, 1.82) is 0 Å². The fourth-order valence-electron chi connectivity index (χ4n) is 21.6. The standard InChI is InChI=1S/C25H26N3O2.C24H24N3O2.C24H23N3O.C23H19Cl2N3O.C23H20ClN3O/c1-26-12-11-24-22(16-26)21-14-19(8-9-23(21)27(24)2)28-13-10-20(15-25(28)29)30-17-18-6-4-3-5-7-18;1-26-22-8-7-18(13-20(22)21-15-25-11-9-23(21)26)27-12-10-19(14-24(27)28)29-16-17-5-3-2-4-6-17;1-16-3-5-17(6-4-16)18-10-12-27(24(28)13-18)19-7-8-20-21-15-25-11-9-22(21)26(2)23(20)14-19;1-27-21-6-8-26-13-19(21)18-5-3-16(12-22(18)27)28-9-7-14(10-23(28)29)17-4-2-15(24)11-20(17)25;1-26-21-8-10-25-14-20(21)19-7-6-18(13-22(19)26)27-11-9-16(12-23(27)28)15-2-4-17(24)5-3-15/h3-10,13-15,22H,11-12,16-17H2,1-2H3;2-8,10,12-14,21,25H,9,11,15-16H2,1H3;3-8,10,12-14,25H,9,11,15H2,1-2H3;2-5,7,9-12,26H,6,8,13H2,1H3;2-7,9,11-13,25H,8,10,14H2,1H3/q2*+1;;;. The third-order valence-electron chi connectivity index (χ3n) is 29.3. The van der Waals surface area contributed by atoms with E-state index in [2.05, 4.69) is 183 Å². The van der Waals surface area contributed by atoms with E-state index in [1.54, 1.807) is 83.9 Å². The number of piperidine rings is 2. The van der Waals surface area contributed by atoms with Gasteiger partial charge in [0.05, 0.1) is 45.4 Å². The van der Waals surface area contributed by atoms with Crippen molar-refractivity contribution in [2.24, 2.45) is 21.1 Å². The van der Waals surface area contributed by atoms with Gasteiger partial charge in [-0.05, 0) is 185 Å². The Balaban J connectivity index is 0.000000106. The summed E-state index contributed by atoms with van der Waals surface area (Å²) < 4.78 is 31.5. The number of ether oxygens (including phenoxy) is 2. The van der Waals surface area contributed by atoms with Gasteiger partial charge in [-0.1, -0.05) is 162 Å². The molecule has 0 bridgehead atoms. The number of benzene rings is 10. The molecule has 7 aliphatic heterocycles. The molecule has 4 N–H and O–H groups in total. The van der Waals surface area contributed by atoms with E-state index in [9.17, 15) is 24.0 Å². The molecule has 8 aromatic heterocycles. The number of hydrogen-bond acceptors (Lipinski definition) is 12. The fourth-order valence-corrected chi connectivity index (χ4v) is 22.3. The molecule has 25 heteroatoms. The van der Waals surface area contributed by atoms with Crippen molar-refractivity contribution in [3.05, 3.63) is 438 Å². The molecule has 2 fully saturated rings. The van der Waals surface area contributed by atoms with Crippen molar-refractivity contribution in [3.63, 3.8) is 0 Å². The number of nitrogens with zero attached hydrogens (tertiary/aromatic N) is 11. The quantitative estimate of drug-likeness (QED) is 0.0752. The predicted octanol–water partition coefficient (Wildman–Crippen LogP) is 20.0. The van der Waals surface area contributed by atoms with Crippen molar-refractivity contribution in [1.82, 2.24) is 62.7 Å². The van der Waals surface area contributed by atoms with Crippen LogP contribution in [0.1, 0.15) is 86.3 Å². The Kier molecular flexibility index (Phi) is 27.3. The first-order chi connectivity index (χ1) is 70.1. The molecule has 0 saturated carbocycles. The van der Waals surface area contributed by atoms with Crippen molar-refractivity contribution in [2.75, 3.05) is 67.0 Å². The Morgan fingerprint density at radius 1 is 0.354 bits per heavy atom. The lowest BCUT2D eigenvalue weighted by molar-refractivity contribution is -0.403. The average Bonchev–Trinajstić information content (AvgIpc) is 1.62. The zero-order chi connectivity index (χ0) is 99.1. The summed E-state index contributed by atoms with van der Waals surface area (Å²) in [4.78, 5) is 66.5. The maximum absolute atomic E-state index is 12.9. The summed E-state index contributed by atoms with van der Waals surface area (Å²) in [6.07, 6.45) is 14.4. The number of hydrogen-bond donors (Lipinski definition) is 4. The van der Waals surface area contributed by atoms with Gasteiger partial charge < -0.3 is 49.3 Å². The summed E-state index contributed by atoms with van der Waals surface area (Å²) in [6, 6.07) is 90.1. The zero-order valence-electron chi connectivity index (χ0n) is 81.5. The van der Waals surface area contributed by atoms with Crippen LogP contribution in [0.5, 0.6) is 11.5 Å². The van der Waals surface area contributed by atoms with Crippen LogP contribution < -0.4 is 58.5 Å². The van der Waals surface area contributed by atoms with Crippen LogP contribution in [0.15, 0.2) is 334 Å². The first-order valence-corrected chi connectivity index (χ1v) is 50.3. The first-order valence-electron chi connectivity index (χ1n) is 49.1. The van der Waals surface area contributed by atoms with Crippen molar-refractivity contribution < 1.29 is 18.6 Å². The highest BCUT2D eigenvalue weighted by Crippen LogP contribution is 2.42. The van der Waals surface area contributed by atoms with Crippen LogP contribution in [0.3, 0.4) is 0 Å². The molecular formula is C119H112Cl3N15O7+2. The summed E-state index contributed by atoms with van der Waals surface area (Å²) >= 11 is 18.2. The smallest absolute Gasteiger partial charge is 0.258 e. The lowest BCUT2D eigenvalue weighted by Gasteiger charge is -2.25. The average molecular weight is 1970 g/mol. The number of nitrogens with one attached hydrogen (secondary N) is 4. The lowest BCUT2D eigenvalue weighted by atomic mass is 9.90. The Bertz CT molecular complexity index is 8220. The Morgan fingerprint density at radius 3 is 1.17 bits per heavy atom. The number of likely N-dealkylation sites (N-methyl/N-ethyl adjacent to an activating group) is 1. The highest BCUT2D eigenvalue weighted by atomic mass is 35.5. The van der Waals surface area contributed by atoms with E-state index in [1.165, 1.54) is 100 Å². The van der Waals surface area contributed by atoms with Crippen LogP contribution >= 0.6 is 34.8 Å². The minimum absolute atomic E-state index is 0.0157. The normalized spacial score (nSPS) is 15.4. The maximum atomic E-state index is 12.9. The van der Waals surface area contributed by atoms with Gasteiger partial charge in [-0.3, -0.25) is 46.8 Å². The number of aryl methyl sites for hydroxylation is 4. The largest absolute Gasteiger partial charge is 0.489 e. The van der Waals surface area contributed by atoms with Crippen LogP contribution in [-0.2, 0) is 73.3 Å². The zero-order valence-corrected chi connectivity index (χ0v) is 83.8. The second-order valence-electron chi connectivity index (χ2n) is 38.1. The molecular weight excluding hydrogens is 1860 g/mol. The van der Waals surface area contributed by atoms with E-state index in [0.717, 1.165) is 176 Å². The molecule has 2 saturated heterocycles. The Morgan fingerprint density at radius 2 is 0.736 bits per heavy atom. The molecule has 0 radical (unpaired) electrons. The van der Waals surface area contributed by atoms with Crippen molar-refractivity contribution >= 4 is 90.3 Å². The second-order valence-corrected chi connectivity index (χ2v) is 39.3. The van der Waals surface area contributed by atoms with E-state index < -0.39 is 0 Å². The number of pyridine rings is 5. The molecule has 18 aromatic rings. The van der Waals surface area contributed by atoms with E-state index in [1.807, 2.05) is 164 Å². The monoisotopic (exact) mass is 1970 g/mol. The van der Waals surface area contributed by atoms with Gasteiger partial charge in [0.1, 0.15) is 38.8 Å². The number of fused-ring (bicyclic) bond motifs is 15. The number of rotatable bonds is 14. The molecule has 144 heavy (non-hydrogen) atoms. The molecule has 15 heterocycles. The van der Waals surface area contributed by atoms with E-state index >= 15 is 0 Å². The van der Waals surface area contributed by atoms with Gasteiger partial charge in [-0.15, -0.1) is 0 Å². The van der Waals surface area contributed by atoms with E-state index in [4.69, 9.17) is 44.3 Å². The third kappa shape index (κ3) is 19.4. The first kappa shape index (κ1) is 95.4. The van der Waals surface area contributed by atoms with Gasteiger partial charge in [-0.25, -0.2) is 9.15 Å². The van der Waals surface area contributed by atoms with Crippen molar-refractivity contribution in [2.45, 2.75) is 83.7 Å². The maximum Gasteiger partial charge on any atom is 0.258 e. The molecule has 0 spiro atoms. The third-order valence-corrected chi connectivity index (χ3v) is 30.1. The molecule has 10 aromatic carbocycles. The van der Waals surface area contributed by atoms with Crippen LogP contribution in [0, 0.1) is 6.92 Å². The summed E-state index contributed by atoms with van der Waals surface area (Å²) in [5.74, 6) is 1.98.